The van der Waals surface area contributed by atoms with Crippen LogP contribution in [0.5, 0.6) is 0 Å². The molecule has 0 N–H and O–H groups in total. The van der Waals surface area contributed by atoms with Crippen LogP contribution in [0.25, 0.3) is 0 Å². The molecule has 1 aromatic carbocycles. The van der Waals surface area contributed by atoms with Crippen LogP contribution in [0, 0.1) is 10.1 Å². The number of nitrogens with zero attached hydrogens (tertiary/aromatic N) is 3. The maximum Gasteiger partial charge on any atom is 0.281 e. The lowest BCUT2D eigenvalue weighted by Crippen LogP contribution is -2.46. The maximum absolute atomic E-state index is 12.6. The molecule has 0 fully saturated rings. The molecular formula is C12H9BrClN3O4. The van der Waals surface area contributed by atoms with Crippen LogP contribution in [0.1, 0.15) is 17.3 Å². The summed E-state index contributed by atoms with van der Waals surface area (Å²) in [5, 5.41) is 16.1. The first-order valence-corrected chi connectivity index (χ1v) is 6.88. The summed E-state index contributed by atoms with van der Waals surface area (Å²) in [6.07, 6.45) is 0. The first kappa shape index (κ1) is 15.6. The minimum Gasteiger partial charge on any atom is -0.291 e. The van der Waals surface area contributed by atoms with Gasteiger partial charge in [-0.3, -0.25) is 19.7 Å². The second kappa shape index (κ2) is 5.19. The second-order valence-corrected chi connectivity index (χ2v) is 6.05. The monoisotopic (exact) mass is 373 g/mol. The van der Waals surface area contributed by atoms with Crippen molar-refractivity contribution in [2.75, 3.05) is 7.05 Å². The van der Waals surface area contributed by atoms with Crippen LogP contribution in [0.3, 0.4) is 0 Å². The number of carbonyl (C=O) groups is 2. The fourth-order valence-electron chi connectivity index (χ4n) is 2.01. The smallest absolute Gasteiger partial charge is 0.281 e. The van der Waals surface area contributed by atoms with Crippen molar-refractivity contribution in [3.8, 4) is 0 Å². The van der Waals surface area contributed by atoms with Gasteiger partial charge in [0.2, 0.25) is 10.1 Å². The zero-order chi connectivity index (χ0) is 15.9. The minimum absolute atomic E-state index is 0.127. The minimum atomic E-state index is -1.72. The van der Waals surface area contributed by atoms with Crippen molar-refractivity contribution in [2.45, 2.75) is 11.2 Å². The topological polar surface area (TPSA) is 92.9 Å². The van der Waals surface area contributed by atoms with Gasteiger partial charge in [0.05, 0.1) is 16.2 Å². The molecule has 1 unspecified atom stereocenters. The third-order valence-corrected chi connectivity index (χ3v) is 4.61. The Labute approximate surface area is 132 Å². The zero-order valence-corrected chi connectivity index (χ0v) is 13.3. The highest BCUT2D eigenvalue weighted by Gasteiger charge is 2.53. The molecule has 1 aliphatic heterocycles. The first-order valence-electron chi connectivity index (χ1n) is 5.71. The molecule has 21 heavy (non-hydrogen) atoms. The number of hydrogen-bond acceptors (Lipinski definition) is 5. The lowest BCUT2D eigenvalue weighted by Gasteiger charge is -2.19. The van der Waals surface area contributed by atoms with Gasteiger partial charge >= 0.3 is 0 Å². The third-order valence-electron chi connectivity index (χ3n) is 3.10. The molecule has 1 amide bonds. The molecule has 0 aromatic heterocycles. The third kappa shape index (κ3) is 2.34. The number of amides is 1. The lowest BCUT2D eigenvalue weighted by molar-refractivity contribution is -0.385. The van der Waals surface area contributed by atoms with Crippen LogP contribution < -0.4 is 0 Å². The van der Waals surface area contributed by atoms with E-state index in [1.807, 2.05) is 0 Å². The van der Waals surface area contributed by atoms with Crippen LogP contribution in [0.2, 0.25) is 5.02 Å². The van der Waals surface area contributed by atoms with Crippen molar-refractivity contribution in [3.05, 3.63) is 38.9 Å². The number of nitro groups is 1. The Morgan fingerprint density at radius 1 is 1.52 bits per heavy atom. The van der Waals surface area contributed by atoms with E-state index in [1.54, 1.807) is 0 Å². The van der Waals surface area contributed by atoms with Gasteiger partial charge in [-0.25, -0.2) is 5.01 Å². The number of benzene rings is 1. The molecule has 110 valence electrons. The fraction of sp³-hybridized carbons (Fsp3) is 0.250. The van der Waals surface area contributed by atoms with E-state index in [2.05, 4.69) is 21.0 Å². The molecule has 9 heteroatoms. The lowest BCUT2D eigenvalue weighted by atomic mass is 9.92. The van der Waals surface area contributed by atoms with E-state index in [0.29, 0.717) is 0 Å². The molecule has 0 saturated carbocycles. The van der Waals surface area contributed by atoms with Crippen LogP contribution in [-0.2, 0) is 4.79 Å². The molecule has 2 rings (SSSR count). The Bertz CT molecular complexity index is 706. The van der Waals surface area contributed by atoms with Gasteiger partial charge in [0.1, 0.15) is 0 Å². The average Bonchev–Trinajstić information content (AvgIpc) is 2.62. The highest BCUT2D eigenvalue weighted by atomic mass is 79.9. The number of Topliss-reactive ketones (excluding diaryl/α,β-unsaturated/α-hetero) is 1. The van der Waals surface area contributed by atoms with Crippen molar-refractivity contribution >= 4 is 50.6 Å². The van der Waals surface area contributed by atoms with E-state index in [0.717, 1.165) is 11.1 Å². The van der Waals surface area contributed by atoms with Crippen molar-refractivity contribution < 1.29 is 14.5 Å². The molecule has 0 saturated heterocycles. The molecule has 0 radical (unpaired) electrons. The molecule has 1 aliphatic rings. The number of carbonyl (C=O) groups excluding carboxylic acids is 2. The van der Waals surface area contributed by atoms with Crippen LogP contribution in [0.15, 0.2) is 23.3 Å². The number of hydrazone groups is 1. The molecule has 1 atom stereocenters. The Kier molecular flexibility index (Phi) is 3.85. The van der Waals surface area contributed by atoms with Crippen LogP contribution in [-0.4, -0.2) is 38.7 Å². The highest BCUT2D eigenvalue weighted by Crippen LogP contribution is 2.35. The van der Waals surface area contributed by atoms with Gasteiger partial charge in [0.15, 0.2) is 0 Å². The van der Waals surface area contributed by atoms with Crippen molar-refractivity contribution in [2.24, 2.45) is 5.10 Å². The molecule has 0 spiro atoms. The van der Waals surface area contributed by atoms with Gasteiger partial charge in [0, 0.05) is 18.1 Å². The predicted molar refractivity (Wildman–Crippen MR) is 80.0 cm³/mol. The van der Waals surface area contributed by atoms with E-state index < -0.39 is 26.6 Å². The molecule has 0 bridgehead atoms. The number of alkyl halides is 1. The van der Waals surface area contributed by atoms with Gasteiger partial charge in [-0.05, 0) is 19.1 Å². The van der Waals surface area contributed by atoms with Gasteiger partial charge in [-0.15, -0.1) is 0 Å². The number of hydrogen-bond donors (Lipinski definition) is 0. The highest BCUT2D eigenvalue weighted by molar-refractivity contribution is 9.11. The molecule has 0 aliphatic carbocycles. The SMILES string of the molecule is CC1=NN(C)C(=O)C1(Br)C(=O)c1ccc(Cl)cc1[N+](=O)[O-]. The number of nitro benzene ring substituents is 1. The summed E-state index contributed by atoms with van der Waals surface area (Å²) in [6.45, 7) is 1.50. The number of ketones is 1. The van der Waals surface area contributed by atoms with Crippen molar-refractivity contribution in [1.29, 1.82) is 0 Å². The summed E-state index contributed by atoms with van der Waals surface area (Å²) in [5.41, 5.74) is -0.454. The molecular weight excluding hydrogens is 366 g/mol. The Hall–Kier alpha value is -1.80. The largest absolute Gasteiger partial charge is 0.291 e. The molecule has 1 aromatic rings. The van der Waals surface area contributed by atoms with Gasteiger partial charge in [0.25, 0.3) is 11.6 Å². The normalized spacial score (nSPS) is 21.4. The van der Waals surface area contributed by atoms with Crippen LogP contribution in [0.4, 0.5) is 5.69 Å². The van der Waals surface area contributed by atoms with E-state index in [4.69, 9.17) is 11.6 Å². The summed E-state index contributed by atoms with van der Waals surface area (Å²) in [6, 6.07) is 3.65. The molecule has 7 nitrogen and oxygen atoms in total. The quantitative estimate of drug-likeness (QED) is 0.267. The average molecular weight is 375 g/mol. The standard InChI is InChI=1S/C12H9BrClN3O4/c1-6-12(13,11(19)16(2)15-6)10(18)8-4-3-7(14)5-9(8)17(20)21/h3-5H,1-2H3. The van der Waals surface area contributed by atoms with E-state index >= 15 is 0 Å². The van der Waals surface area contributed by atoms with E-state index in [1.165, 1.54) is 26.1 Å². The van der Waals surface area contributed by atoms with E-state index in [9.17, 15) is 19.7 Å². The van der Waals surface area contributed by atoms with Crippen molar-refractivity contribution in [1.82, 2.24) is 5.01 Å². The predicted octanol–water partition coefficient (Wildman–Crippen LogP) is 2.41. The fourth-order valence-corrected chi connectivity index (χ4v) is 2.73. The Morgan fingerprint density at radius 2 is 2.14 bits per heavy atom. The second-order valence-electron chi connectivity index (χ2n) is 4.42. The van der Waals surface area contributed by atoms with Crippen molar-refractivity contribution in [3.63, 3.8) is 0 Å². The maximum atomic E-state index is 12.6. The van der Waals surface area contributed by atoms with Gasteiger partial charge < -0.3 is 0 Å². The summed E-state index contributed by atoms with van der Waals surface area (Å²) in [4.78, 5) is 35.2. The number of rotatable bonds is 3. The Morgan fingerprint density at radius 3 is 2.62 bits per heavy atom. The van der Waals surface area contributed by atoms with Gasteiger partial charge in [-0.1, -0.05) is 27.5 Å². The summed E-state index contributed by atoms with van der Waals surface area (Å²) < 4.78 is -1.72. The van der Waals surface area contributed by atoms with Crippen LogP contribution >= 0.6 is 27.5 Å². The zero-order valence-electron chi connectivity index (χ0n) is 11.0. The first-order chi connectivity index (χ1) is 9.69. The molecule has 1 heterocycles. The van der Waals surface area contributed by atoms with Gasteiger partial charge in [-0.2, -0.15) is 5.10 Å². The summed E-state index contributed by atoms with van der Waals surface area (Å²) >= 11 is 8.81. The summed E-state index contributed by atoms with van der Waals surface area (Å²) in [7, 11) is 1.40. The number of halogens is 2. The van der Waals surface area contributed by atoms with E-state index in [-0.39, 0.29) is 16.3 Å². The summed E-state index contributed by atoms with van der Waals surface area (Å²) in [5.74, 6) is -1.35. The Balaban J connectivity index is 2.59.